The van der Waals surface area contributed by atoms with E-state index in [-0.39, 0.29) is 0 Å². The van der Waals surface area contributed by atoms with Gasteiger partial charge in [-0.05, 0) is 78.5 Å². The first-order chi connectivity index (χ1) is 15.9. The minimum atomic E-state index is 1.04. The maximum absolute atomic E-state index is 4.54. The van der Waals surface area contributed by atoms with E-state index in [1.807, 2.05) is 12.3 Å². The van der Waals surface area contributed by atoms with Crippen molar-refractivity contribution in [1.82, 2.24) is 4.98 Å². The molecule has 7 aromatic rings. The molecule has 0 bridgehead atoms. The fraction of sp³-hybridized carbons (Fsp3) is 0. The third-order valence-electron chi connectivity index (χ3n) is 6.68. The Bertz CT molecular complexity index is 1790. The van der Waals surface area contributed by atoms with E-state index in [1.54, 1.807) is 0 Å². The molecule has 148 valence electrons. The van der Waals surface area contributed by atoms with Crippen LogP contribution in [0.4, 0.5) is 0 Å². The van der Waals surface area contributed by atoms with Crippen molar-refractivity contribution < 1.29 is 0 Å². The fourth-order valence-electron chi connectivity index (χ4n) is 5.15. The molecule has 7 rings (SSSR count). The second-order valence-electron chi connectivity index (χ2n) is 8.42. The number of pyridine rings is 1. The van der Waals surface area contributed by atoms with Crippen LogP contribution in [-0.2, 0) is 0 Å². The zero-order chi connectivity index (χ0) is 21.1. The molecule has 0 spiro atoms. The van der Waals surface area contributed by atoms with Gasteiger partial charge in [-0.3, -0.25) is 4.98 Å². The molecule has 1 nitrogen and oxygen atoms in total. The Kier molecular flexibility index (Phi) is 3.62. The van der Waals surface area contributed by atoms with Crippen LogP contribution in [0.15, 0.2) is 115 Å². The standard InChI is InChI=1S/C31H19N/c1-2-8-25-23(6-1)24-7-3-4-9-26(24)30-19-22(13-15-27(25)30)21-12-11-20-14-16-31-28(29(20)18-21)10-5-17-32-31/h1-19H. The molecule has 0 N–H and O–H groups in total. The van der Waals surface area contributed by atoms with Gasteiger partial charge in [0.1, 0.15) is 0 Å². The summed E-state index contributed by atoms with van der Waals surface area (Å²) in [6, 6.07) is 39.6. The van der Waals surface area contributed by atoms with Crippen molar-refractivity contribution >= 4 is 54.0 Å². The van der Waals surface area contributed by atoms with Crippen LogP contribution in [0.25, 0.3) is 65.1 Å². The largest absolute Gasteiger partial charge is 0.256 e. The number of benzene rings is 6. The number of nitrogens with zero attached hydrogens (tertiary/aromatic N) is 1. The predicted molar refractivity (Wildman–Crippen MR) is 137 cm³/mol. The lowest BCUT2D eigenvalue weighted by Gasteiger charge is -2.12. The smallest absolute Gasteiger partial charge is 0.0708 e. The van der Waals surface area contributed by atoms with Gasteiger partial charge in [0.25, 0.3) is 0 Å². The Morgan fingerprint density at radius 3 is 1.62 bits per heavy atom. The zero-order valence-electron chi connectivity index (χ0n) is 17.4. The predicted octanol–water partition coefficient (Wildman–Crippen LogP) is 8.51. The summed E-state index contributed by atoms with van der Waals surface area (Å²) in [6.07, 6.45) is 1.86. The number of hydrogen-bond donors (Lipinski definition) is 0. The van der Waals surface area contributed by atoms with Crippen LogP contribution >= 0.6 is 0 Å². The van der Waals surface area contributed by atoms with Gasteiger partial charge >= 0.3 is 0 Å². The minimum Gasteiger partial charge on any atom is -0.256 e. The summed E-state index contributed by atoms with van der Waals surface area (Å²) in [5, 5.41) is 11.5. The average molecular weight is 406 g/mol. The third kappa shape index (κ3) is 2.48. The monoisotopic (exact) mass is 405 g/mol. The minimum absolute atomic E-state index is 1.04. The normalized spacial score (nSPS) is 11.8. The lowest BCUT2D eigenvalue weighted by atomic mass is 9.91. The molecule has 32 heavy (non-hydrogen) atoms. The number of hydrogen-bond acceptors (Lipinski definition) is 1. The Morgan fingerprint density at radius 1 is 0.375 bits per heavy atom. The maximum atomic E-state index is 4.54. The molecule has 0 radical (unpaired) electrons. The Balaban J connectivity index is 1.54. The molecule has 0 aliphatic rings. The topological polar surface area (TPSA) is 12.9 Å². The fourth-order valence-corrected chi connectivity index (χ4v) is 5.15. The van der Waals surface area contributed by atoms with Gasteiger partial charge in [-0.25, -0.2) is 0 Å². The molecule has 0 atom stereocenters. The van der Waals surface area contributed by atoms with Gasteiger partial charge in [-0.2, -0.15) is 0 Å². The maximum Gasteiger partial charge on any atom is 0.0708 e. The molecule has 0 amide bonds. The summed E-state index contributed by atoms with van der Waals surface area (Å²) in [5.74, 6) is 0. The molecule has 0 aliphatic heterocycles. The zero-order valence-corrected chi connectivity index (χ0v) is 17.4. The van der Waals surface area contributed by atoms with Crippen molar-refractivity contribution in [3.8, 4) is 11.1 Å². The van der Waals surface area contributed by atoms with E-state index in [0.29, 0.717) is 0 Å². The van der Waals surface area contributed by atoms with Crippen molar-refractivity contribution in [1.29, 1.82) is 0 Å². The molecule has 0 unspecified atom stereocenters. The van der Waals surface area contributed by atoms with E-state index in [9.17, 15) is 0 Å². The SMILES string of the molecule is c1cnc2ccc3ccc(-c4ccc5c6ccccc6c6ccccc6c5c4)cc3c2c1. The summed E-state index contributed by atoms with van der Waals surface area (Å²) >= 11 is 0. The highest BCUT2D eigenvalue weighted by atomic mass is 14.6. The second kappa shape index (κ2) is 6.63. The number of rotatable bonds is 1. The van der Waals surface area contributed by atoms with E-state index in [4.69, 9.17) is 0 Å². The van der Waals surface area contributed by atoms with Crippen molar-refractivity contribution in [3.63, 3.8) is 0 Å². The van der Waals surface area contributed by atoms with Gasteiger partial charge < -0.3 is 0 Å². The van der Waals surface area contributed by atoms with Crippen molar-refractivity contribution in [2.24, 2.45) is 0 Å². The summed E-state index contributed by atoms with van der Waals surface area (Å²) in [5.41, 5.74) is 3.50. The van der Waals surface area contributed by atoms with Gasteiger partial charge in [-0.1, -0.05) is 84.9 Å². The first-order valence-electron chi connectivity index (χ1n) is 11.0. The molecule has 0 aliphatic carbocycles. The molecular formula is C31H19N. The first-order valence-corrected chi connectivity index (χ1v) is 11.0. The molecule has 0 saturated carbocycles. The Morgan fingerprint density at radius 2 is 0.906 bits per heavy atom. The molecule has 6 aromatic carbocycles. The number of fused-ring (bicyclic) bond motifs is 9. The van der Waals surface area contributed by atoms with Crippen LogP contribution < -0.4 is 0 Å². The van der Waals surface area contributed by atoms with Crippen LogP contribution in [0.2, 0.25) is 0 Å². The summed E-state index contributed by atoms with van der Waals surface area (Å²) < 4.78 is 0. The van der Waals surface area contributed by atoms with Crippen LogP contribution in [0.3, 0.4) is 0 Å². The highest BCUT2D eigenvalue weighted by molar-refractivity contribution is 6.25. The van der Waals surface area contributed by atoms with E-state index in [1.165, 1.54) is 59.6 Å². The quantitative estimate of drug-likeness (QED) is 0.249. The average Bonchev–Trinajstić information content (AvgIpc) is 2.88. The van der Waals surface area contributed by atoms with Gasteiger partial charge in [0.15, 0.2) is 0 Å². The first kappa shape index (κ1) is 17.5. The summed E-state index contributed by atoms with van der Waals surface area (Å²) in [7, 11) is 0. The van der Waals surface area contributed by atoms with E-state index < -0.39 is 0 Å². The molecule has 0 fully saturated rings. The van der Waals surface area contributed by atoms with Crippen molar-refractivity contribution in [2.45, 2.75) is 0 Å². The van der Waals surface area contributed by atoms with Crippen LogP contribution in [-0.4, -0.2) is 4.98 Å². The molecular weight excluding hydrogens is 386 g/mol. The summed E-state index contributed by atoms with van der Waals surface area (Å²) in [6.45, 7) is 0. The van der Waals surface area contributed by atoms with Crippen molar-refractivity contribution in [2.75, 3.05) is 0 Å². The molecule has 0 saturated heterocycles. The van der Waals surface area contributed by atoms with Crippen molar-refractivity contribution in [3.05, 3.63) is 115 Å². The highest BCUT2D eigenvalue weighted by Gasteiger charge is 2.10. The number of aromatic nitrogens is 1. The van der Waals surface area contributed by atoms with Gasteiger partial charge in [0.2, 0.25) is 0 Å². The Labute approximate surface area is 185 Å². The van der Waals surface area contributed by atoms with Crippen LogP contribution in [0, 0.1) is 0 Å². The van der Waals surface area contributed by atoms with E-state index >= 15 is 0 Å². The van der Waals surface area contributed by atoms with Crippen LogP contribution in [0.1, 0.15) is 0 Å². The second-order valence-corrected chi connectivity index (χ2v) is 8.42. The highest BCUT2D eigenvalue weighted by Crippen LogP contribution is 2.37. The third-order valence-corrected chi connectivity index (χ3v) is 6.68. The van der Waals surface area contributed by atoms with Crippen LogP contribution in [0.5, 0.6) is 0 Å². The Hall–Kier alpha value is -4.23. The lowest BCUT2D eigenvalue weighted by molar-refractivity contribution is 1.42. The molecule has 1 heterocycles. The lowest BCUT2D eigenvalue weighted by Crippen LogP contribution is -1.86. The van der Waals surface area contributed by atoms with Gasteiger partial charge in [-0.15, -0.1) is 0 Å². The molecule has 1 aromatic heterocycles. The van der Waals surface area contributed by atoms with E-state index in [0.717, 1.165) is 5.52 Å². The molecule has 1 heteroatoms. The van der Waals surface area contributed by atoms with E-state index in [2.05, 4.69) is 108 Å². The van der Waals surface area contributed by atoms with Gasteiger partial charge in [0, 0.05) is 11.6 Å². The van der Waals surface area contributed by atoms with Gasteiger partial charge in [0.05, 0.1) is 5.52 Å². The summed E-state index contributed by atoms with van der Waals surface area (Å²) in [4.78, 5) is 4.54.